The summed E-state index contributed by atoms with van der Waals surface area (Å²) in [6.45, 7) is 0.213. The molecular weight excluding hydrogens is 462 g/mol. The van der Waals surface area contributed by atoms with Gasteiger partial charge in [-0.2, -0.15) is 18.3 Å². The quantitative estimate of drug-likeness (QED) is 0.431. The van der Waals surface area contributed by atoms with Crippen LogP contribution in [0, 0.1) is 0 Å². The summed E-state index contributed by atoms with van der Waals surface area (Å²) in [7, 11) is 0. The fraction of sp³-hybridized carbons (Fsp3) is 0.130. The molecule has 0 saturated carbocycles. The van der Waals surface area contributed by atoms with Gasteiger partial charge in [-0.25, -0.2) is 9.80 Å². The van der Waals surface area contributed by atoms with E-state index in [1.807, 2.05) is 12.1 Å². The molecule has 0 spiro atoms. The molecule has 1 unspecified atom stereocenters. The van der Waals surface area contributed by atoms with Crippen LogP contribution in [0.1, 0.15) is 22.6 Å². The second-order valence-corrected chi connectivity index (χ2v) is 8.06. The molecule has 1 aliphatic rings. The molecule has 4 rings (SSSR count). The largest absolute Gasteiger partial charge is 0.416 e. The van der Waals surface area contributed by atoms with Gasteiger partial charge in [0.05, 0.1) is 17.8 Å². The van der Waals surface area contributed by atoms with E-state index in [4.69, 9.17) is 23.2 Å². The van der Waals surface area contributed by atoms with Crippen LogP contribution in [0.2, 0.25) is 10.0 Å². The lowest BCUT2D eigenvalue weighted by Crippen LogP contribution is -2.30. The van der Waals surface area contributed by atoms with Crippen molar-refractivity contribution in [3.05, 3.63) is 99.5 Å². The summed E-state index contributed by atoms with van der Waals surface area (Å²) in [6.07, 6.45) is -4.51. The zero-order valence-corrected chi connectivity index (χ0v) is 17.9. The number of alkyl halides is 3. The predicted octanol–water partition coefficient (Wildman–Crippen LogP) is 7.05. The fourth-order valence-corrected chi connectivity index (χ4v) is 3.68. The molecule has 4 nitrogen and oxygen atoms in total. The first-order valence-corrected chi connectivity index (χ1v) is 10.3. The number of carbonyl (C=O) groups is 1. The molecule has 0 aromatic heterocycles. The van der Waals surface area contributed by atoms with Crippen molar-refractivity contribution < 1.29 is 18.0 Å². The minimum atomic E-state index is -4.51. The minimum absolute atomic E-state index is 0.0306. The predicted molar refractivity (Wildman–Crippen MR) is 119 cm³/mol. The monoisotopic (exact) mass is 477 g/mol. The third-order valence-electron chi connectivity index (χ3n) is 5.00. The lowest BCUT2D eigenvalue weighted by atomic mass is 9.91. The number of halogens is 5. The fourth-order valence-electron chi connectivity index (χ4n) is 3.43. The van der Waals surface area contributed by atoms with Gasteiger partial charge in [0.2, 0.25) is 0 Å². The Morgan fingerprint density at radius 1 is 0.969 bits per heavy atom. The Bertz CT molecular complexity index is 1160. The molecule has 9 heteroatoms. The number of urea groups is 1. The van der Waals surface area contributed by atoms with Crippen molar-refractivity contribution in [3.8, 4) is 0 Å². The van der Waals surface area contributed by atoms with Crippen LogP contribution in [-0.4, -0.2) is 23.3 Å². The second-order valence-electron chi connectivity index (χ2n) is 7.19. The van der Waals surface area contributed by atoms with Crippen LogP contribution >= 0.6 is 23.2 Å². The van der Waals surface area contributed by atoms with Gasteiger partial charge >= 0.3 is 12.2 Å². The van der Waals surface area contributed by atoms with E-state index < -0.39 is 17.8 Å². The molecule has 0 fully saturated rings. The number of hydrogen-bond acceptors (Lipinski definition) is 2. The number of nitrogens with zero attached hydrogens (tertiary/aromatic N) is 2. The zero-order valence-electron chi connectivity index (χ0n) is 16.4. The van der Waals surface area contributed by atoms with E-state index in [1.54, 1.807) is 36.4 Å². The van der Waals surface area contributed by atoms with Gasteiger partial charge in [-0.15, -0.1) is 0 Å². The van der Waals surface area contributed by atoms with E-state index in [0.717, 1.165) is 23.3 Å². The normalized spacial score (nSPS) is 16.1. The molecule has 3 aromatic carbocycles. The van der Waals surface area contributed by atoms with E-state index in [9.17, 15) is 18.0 Å². The van der Waals surface area contributed by atoms with Crippen molar-refractivity contribution in [3.63, 3.8) is 0 Å². The summed E-state index contributed by atoms with van der Waals surface area (Å²) < 4.78 is 38.9. The molecule has 1 heterocycles. The van der Waals surface area contributed by atoms with Gasteiger partial charge in [0.1, 0.15) is 0 Å². The third kappa shape index (κ3) is 4.89. The standard InChI is InChI=1S/C23H16Cl2F3N3O/c24-17-8-4-14(5-9-17)20-13-31(30-21(20)15-6-10-18(25)11-7-15)22(32)29-19-3-1-2-16(12-19)23(26,27)28/h1-12,20H,13H2,(H,29,32). The van der Waals surface area contributed by atoms with Crippen molar-refractivity contribution in [2.24, 2.45) is 5.10 Å². The van der Waals surface area contributed by atoms with Gasteiger partial charge in [0, 0.05) is 21.7 Å². The van der Waals surface area contributed by atoms with Crippen LogP contribution in [0.4, 0.5) is 23.7 Å². The molecule has 0 aliphatic carbocycles. The third-order valence-corrected chi connectivity index (χ3v) is 5.51. The summed E-state index contributed by atoms with van der Waals surface area (Å²) in [5.41, 5.74) is 1.51. The highest BCUT2D eigenvalue weighted by molar-refractivity contribution is 6.31. The number of amides is 2. The van der Waals surface area contributed by atoms with Crippen molar-refractivity contribution in [1.29, 1.82) is 0 Å². The number of nitrogens with one attached hydrogen (secondary N) is 1. The number of hydrogen-bond donors (Lipinski definition) is 1. The molecule has 164 valence electrons. The van der Waals surface area contributed by atoms with Crippen molar-refractivity contribution in [2.75, 3.05) is 11.9 Å². The average Bonchev–Trinajstić information content (AvgIpc) is 3.20. The van der Waals surface area contributed by atoms with Crippen molar-refractivity contribution >= 4 is 40.6 Å². The number of anilines is 1. The molecule has 1 aliphatic heterocycles. The maximum Gasteiger partial charge on any atom is 0.416 e. The van der Waals surface area contributed by atoms with Gasteiger partial charge in [-0.05, 0) is 53.6 Å². The molecule has 0 bridgehead atoms. The summed E-state index contributed by atoms with van der Waals surface area (Å²) in [4.78, 5) is 12.8. The van der Waals surface area contributed by atoms with Crippen LogP contribution in [0.3, 0.4) is 0 Å². The number of carbonyl (C=O) groups excluding carboxylic acids is 1. The maximum atomic E-state index is 13.0. The van der Waals surface area contributed by atoms with Gasteiger partial charge in [0.25, 0.3) is 0 Å². The van der Waals surface area contributed by atoms with Crippen LogP contribution in [0.15, 0.2) is 77.9 Å². The molecular formula is C23H16Cl2F3N3O. The Kier molecular flexibility index (Phi) is 6.13. The first kappa shape index (κ1) is 22.2. The summed E-state index contributed by atoms with van der Waals surface area (Å²) in [6, 6.07) is 18.1. The maximum absolute atomic E-state index is 13.0. The summed E-state index contributed by atoms with van der Waals surface area (Å²) in [5.74, 6) is -0.249. The number of hydrazone groups is 1. The number of rotatable bonds is 3. The topological polar surface area (TPSA) is 44.7 Å². The van der Waals surface area contributed by atoms with E-state index in [0.29, 0.717) is 15.8 Å². The molecule has 0 saturated heterocycles. The SMILES string of the molecule is O=C(Nc1cccc(C(F)(F)F)c1)N1CC(c2ccc(Cl)cc2)C(c2ccc(Cl)cc2)=N1. The summed E-state index contributed by atoms with van der Waals surface area (Å²) in [5, 5.41) is 9.33. The van der Waals surface area contributed by atoms with Crippen molar-refractivity contribution in [1.82, 2.24) is 5.01 Å². The Balaban J connectivity index is 1.62. The van der Waals surface area contributed by atoms with E-state index in [2.05, 4.69) is 10.4 Å². The average molecular weight is 478 g/mol. The Morgan fingerprint density at radius 3 is 2.22 bits per heavy atom. The summed E-state index contributed by atoms with van der Waals surface area (Å²) >= 11 is 12.0. The highest BCUT2D eigenvalue weighted by atomic mass is 35.5. The van der Waals surface area contributed by atoms with Crippen LogP contribution in [0.5, 0.6) is 0 Å². The Labute approximate surface area is 192 Å². The lowest BCUT2D eigenvalue weighted by molar-refractivity contribution is -0.137. The van der Waals surface area contributed by atoms with Gasteiger partial charge in [0.15, 0.2) is 0 Å². The number of benzene rings is 3. The molecule has 0 radical (unpaired) electrons. The van der Waals surface area contributed by atoms with E-state index in [1.165, 1.54) is 17.1 Å². The molecule has 3 aromatic rings. The lowest BCUT2D eigenvalue weighted by Gasteiger charge is -2.16. The smallest absolute Gasteiger partial charge is 0.306 e. The van der Waals surface area contributed by atoms with E-state index >= 15 is 0 Å². The molecule has 1 atom stereocenters. The minimum Gasteiger partial charge on any atom is -0.306 e. The first-order chi connectivity index (χ1) is 15.2. The van der Waals surface area contributed by atoms with Crippen LogP contribution < -0.4 is 5.32 Å². The Hall–Kier alpha value is -3.03. The highest BCUT2D eigenvalue weighted by Gasteiger charge is 2.33. The molecule has 1 N–H and O–H groups in total. The van der Waals surface area contributed by atoms with Gasteiger partial charge in [-0.1, -0.05) is 53.5 Å². The molecule has 2 amide bonds. The molecule has 32 heavy (non-hydrogen) atoms. The van der Waals surface area contributed by atoms with Crippen LogP contribution in [0.25, 0.3) is 0 Å². The highest BCUT2D eigenvalue weighted by Crippen LogP contribution is 2.32. The zero-order chi connectivity index (χ0) is 22.9. The van der Waals surface area contributed by atoms with Crippen molar-refractivity contribution in [2.45, 2.75) is 12.1 Å². The van der Waals surface area contributed by atoms with Gasteiger partial charge < -0.3 is 5.32 Å². The van der Waals surface area contributed by atoms with E-state index in [-0.39, 0.29) is 18.2 Å². The Morgan fingerprint density at radius 2 is 1.59 bits per heavy atom. The second kappa shape index (κ2) is 8.84. The first-order valence-electron chi connectivity index (χ1n) is 9.56. The van der Waals surface area contributed by atoms with Gasteiger partial charge in [-0.3, -0.25) is 0 Å². The van der Waals surface area contributed by atoms with Crippen LogP contribution in [-0.2, 0) is 6.18 Å².